The van der Waals surface area contributed by atoms with Gasteiger partial charge in [-0.1, -0.05) is 12.1 Å². The standard InChI is InChI=1S/C21H26O5/c1-23-17-6-4-5-15(11-17)13-21(9-10-26-20(21)22)14-16-7-8-18(24-2)19(12-16)25-3/h5,7-8,11-12H,4,6,9-10,13-14H2,1-3H3/t21-/m0/s1. The summed E-state index contributed by atoms with van der Waals surface area (Å²) in [4.78, 5) is 12.6. The van der Waals surface area contributed by atoms with Gasteiger partial charge in [-0.2, -0.15) is 0 Å². The molecule has 0 aromatic heterocycles. The first-order valence-electron chi connectivity index (χ1n) is 8.92. The highest BCUT2D eigenvalue weighted by atomic mass is 16.5. The van der Waals surface area contributed by atoms with E-state index in [2.05, 4.69) is 12.2 Å². The number of esters is 1. The molecule has 1 aromatic rings. The van der Waals surface area contributed by atoms with Crippen LogP contribution in [0.25, 0.3) is 0 Å². The van der Waals surface area contributed by atoms with Crippen molar-refractivity contribution >= 4 is 5.97 Å². The number of ether oxygens (including phenoxy) is 4. The summed E-state index contributed by atoms with van der Waals surface area (Å²) >= 11 is 0. The van der Waals surface area contributed by atoms with Crippen LogP contribution in [0.15, 0.2) is 41.7 Å². The largest absolute Gasteiger partial charge is 0.501 e. The van der Waals surface area contributed by atoms with Gasteiger partial charge in [0.1, 0.15) is 0 Å². The molecule has 5 heteroatoms. The summed E-state index contributed by atoms with van der Waals surface area (Å²) in [5, 5.41) is 0. The second-order valence-corrected chi connectivity index (χ2v) is 6.84. The fourth-order valence-electron chi connectivity index (χ4n) is 3.77. The maximum Gasteiger partial charge on any atom is 0.312 e. The van der Waals surface area contributed by atoms with Crippen LogP contribution in [0.1, 0.15) is 31.2 Å². The molecule has 5 nitrogen and oxygen atoms in total. The van der Waals surface area contributed by atoms with Crippen LogP contribution in [-0.4, -0.2) is 33.9 Å². The Labute approximate surface area is 154 Å². The molecule has 0 bridgehead atoms. The number of carbonyl (C=O) groups excluding carboxylic acids is 1. The quantitative estimate of drug-likeness (QED) is 0.694. The van der Waals surface area contributed by atoms with E-state index in [1.54, 1.807) is 21.3 Å². The molecule has 2 aliphatic rings. The topological polar surface area (TPSA) is 54.0 Å². The van der Waals surface area contributed by atoms with Crippen molar-refractivity contribution in [2.24, 2.45) is 5.41 Å². The number of allylic oxidation sites excluding steroid dienone is 4. The highest BCUT2D eigenvalue weighted by Gasteiger charge is 2.45. The van der Waals surface area contributed by atoms with E-state index in [1.807, 2.05) is 18.2 Å². The zero-order chi connectivity index (χ0) is 18.6. The van der Waals surface area contributed by atoms with Gasteiger partial charge in [0.05, 0.1) is 39.1 Å². The molecule has 140 valence electrons. The van der Waals surface area contributed by atoms with Crippen LogP contribution in [-0.2, 0) is 20.7 Å². The molecule has 0 radical (unpaired) electrons. The molecule has 1 atom stereocenters. The number of methoxy groups -OCH3 is 3. The lowest BCUT2D eigenvalue weighted by atomic mass is 9.74. The highest BCUT2D eigenvalue weighted by Crippen LogP contribution is 2.42. The minimum absolute atomic E-state index is 0.119. The molecule has 0 spiro atoms. The van der Waals surface area contributed by atoms with Gasteiger partial charge in [-0.25, -0.2) is 0 Å². The van der Waals surface area contributed by atoms with Crippen LogP contribution in [0.2, 0.25) is 0 Å². The van der Waals surface area contributed by atoms with Crippen molar-refractivity contribution in [1.82, 2.24) is 0 Å². The van der Waals surface area contributed by atoms with Gasteiger partial charge in [0, 0.05) is 6.42 Å². The third-order valence-corrected chi connectivity index (χ3v) is 5.19. The molecule has 1 aromatic carbocycles. The summed E-state index contributed by atoms with van der Waals surface area (Å²) in [6, 6.07) is 5.81. The van der Waals surface area contributed by atoms with Gasteiger partial charge >= 0.3 is 5.97 Å². The number of hydrogen-bond acceptors (Lipinski definition) is 5. The third kappa shape index (κ3) is 3.71. The van der Waals surface area contributed by atoms with E-state index >= 15 is 0 Å². The Bertz CT molecular complexity index is 734. The second kappa shape index (κ2) is 7.85. The van der Waals surface area contributed by atoms with Crippen molar-refractivity contribution in [3.8, 4) is 11.5 Å². The maximum absolute atomic E-state index is 12.6. The monoisotopic (exact) mass is 358 g/mol. The average molecular weight is 358 g/mol. The predicted molar refractivity (Wildman–Crippen MR) is 98.3 cm³/mol. The number of cyclic esters (lactones) is 1. The molecular formula is C21H26O5. The Morgan fingerprint density at radius 3 is 2.54 bits per heavy atom. The first kappa shape index (κ1) is 18.4. The van der Waals surface area contributed by atoms with Gasteiger partial charge in [0.2, 0.25) is 0 Å². The van der Waals surface area contributed by atoms with E-state index in [4.69, 9.17) is 18.9 Å². The Kier molecular flexibility index (Phi) is 5.55. The summed E-state index contributed by atoms with van der Waals surface area (Å²) in [5.41, 5.74) is 1.64. The molecule has 1 aliphatic carbocycles. The molecule has 0 N–H and O–H groups in total. The van der Waals surface area contributed by atoms with Gasteiger partial charge in [0.25, 0.3) is 0 Å². The van der Waals surface area contributed by atoms with E-state index in [9.17, 15) is 4.79 Å². The molecular weight excluding hydrogens is 332 g/mol. The lowest BCUT2D eigenvalue weighted by molar-refractivity contribution is -0.146. The summed E-state index contributed by atoms with van der Waals surface area (Å²) in [5.74, 6) is 2.20. The minimum atomic E-state index is -0.544. The number of rotatable bonds is 7. The lowest BCUT2D eigenvalue weighted by Gasteiger charge is -2.27. The van der Waals surface area contributed by atoms with Gasteiger partial charge in [-0.05, 0) is 55.0 Å². The molecule has 0 unspecified atom stereocenters. The smallest absolute Gasteiger partial charge is 0.312 e. The summed E-state index contributed by atoms with van der Waals surface area (Å²) in [7, 11) is 4.92. The molecule has 1 heterocycles. The van der Waals surface area contributed by atoms with Crippen molar-refractivity contribution in [3.63, 3.8) is 0 Å². The maximum atomic E-state index is 12.6. The van der Waals surface area contributed by atoms with Crippen LogP contribution in [0.3, 0.4) is 0 Å². The molecule has 1 aliphatic heterocycles. The van der Waals surface area contributed by atoms with Crippen LogP contribution < -0.4 is 9.47 Å². The first-order chi connectivity index (χ1) is 12.6. The van der Waals surface area contributed by atoms with Gasteiger partial charge in [-0.15, -0.1) is 0 Å². The van der Waals surface area contributed by atoms with Crippen molar-refractivity contribution < 1.29 is 23.7 Å². The molecule has 3 rings (SSSR count). The minimum Gasteiger partial charge on any atom is -0.501 e. The molecule has 0 saturated carbocycles. The second-order valence-electron chi connectivity index (χ2n) is 6.84. The van der Waals surface area contributed by atoms with Crippen molar-refractivity contribution in [3.05, 3.63) is 47.2 Å². The van der Waals surface area contributed by atoms with E-state index in [0.29, 0.717) is 37.4 Å². The highest BCUT2D eigenvalue weighted by molar-refractivity contribution is 5.79. The van der Waals surface area contributed by atoms with Crippen molar-refractivity contribution in [1.29, 1.82) is 0 Å². The predicted octanol–water partition coefficient (Wildman–Crippen LogP) is 3.82. The first-order valence-corrected chi connectivity index (χ1v) is 8.92. The number of carbonyl (C=O) groups is 1. The summed E-state index contributed by atoms with van der Waals surface area (Å²) < 4.78 is 21.5. The SMILES string of the molecule is COC1=CC(C[C@]2(Cc3ccc(OC)c(OC)c3)CCOC2=O)=CCC1. The van der Waals surface area contributed by atoms with Crippen LogP contribution in [0.5, 0.6) is 11.5 Å². The fourth-order valence-corrected chi connectivity index (χ4v) is 3.77. The number of benzene rings is 1. The van der Waals surface area contributed by atoms with Crippen LogP contribution in [0.4, 0.5) is 0 Å². The molecule has 0 amide bonds. The summed E-state index contributed by atoms with van der Waals surface area (Å²) in [6.07, 6.45) is 8.10. The van der Waals surface area contributed by atoms with Gasteiger partial charge < -0.3 is 18.9 Å². The molecule has 26 heavy (non-hydrogen) atoms. The van der Waals surface area contributed by atoms with E-state index in [-0.39, 0.29) is 5.97 Å². The average Bonchev–Trinajstić information content (AvgIpc) is 3.01. The van der Waals surface area contributed by atoms with Crippen molar-refractivity contribution in [2.45, 2.75) is 32.1 Å². The third-order valence-electron chi connectivity index (χ3n) is 5.19. The summed E-state index contributed by atoms with van der Waals surface area (Å²) in [6.45, 7) is 0.472. The van der Waals surface area contributed by atoms with E-state index < -0.39 is 5.41 Å². The van der Waals surface area contributed by atoms with E-state index in [1.165, 1.54) is 0 Å². The zero-order valence-electron chi connectivity index (χ0n) is 15.7. The fraction of sp³-hybridized carbons (Fsp3) is 0.476. The van der Waals surface area contributed by atoms with Gasteiger partial charge in [-0.3, -0.25) is 4.79 Å². The van der Waals surface area contributed by atoms with Crippen LogP contribution in [0, 0.1) is 5.41 Å². The van der Waals surface area contributed by atoms with Gasteiger partial charge in [0.15, 0.2) is 11.5 Å². The van der Waals surface area contributed by atoms with Crippen LogP contribution >= 0.6 is 0 Å². The number of hydrogen-bond donors (Lipinski definition) is 0. The Morgan fingerprint density at radius 2 is 1.88 bits per heavy atom. The Morgan fingerprint density at radius 1 is 1.08 bits per heavy atom. The van der Waals surface area contributed by atoms with Crippen molar-refractivity contribution in [2.75, 3.05) is 27.9 Å². The van der Waals surface area contributed by atoms with E-state index in [0.717, 1.165) is 29.7 Å². The molecule has 1 saturated heterocycles. The normalized spacial score (nSPS) is 22.3. The Balaban J connectivity index is 1.86. The Hall–Kier alpha value is -2.43. The lowest BCUT2D eigenvalue weighted by Crippen LogP contribution is -2.30. The molecule has 1 fully saturated rings. The zero-order valence-corrected chi connectivity index (χ0v) is 15.7.